The van der Waals surface area contributed by atoms with Gasteiger partial charge in [-0.1, -0.05) is 13.8 Å². The van der Waals surface area contributed by atoms with Crippen LogP contribution in [0.3, 0.4) is 0 Å². The molecule has 72 valence electrons. The van der Waals surface area contributed by atoms with Crippen LogP contribution in [0.15, 0.2) is 0 Å². The van der Waals surface area contributed by atoms with Crippen LogP contribution in [0.4, 0.5) is 0 Å². The minimum atomic E-state index is 0.290. The molecule has 0 aromatic heterocycles. The second-order valence-corrected chi connectivity index (χ2v) is 3.77. The van der Waals surface area contributed by atoms with Crippen LogP contribution < -0.4 is 5.32 Å². The van der Waals surface area contributed by atoms with Crippen molar-refractivity contribution in [1.29, 1.82) is 0 Å². The maximum atomic E-state index is 8.73. The number of hydrogen-bond donors (Lipinski definition) is 2. The first-order valence-corrected chi connectivity index (χ1v) is 4.82. The number of aliphatic hydroxyl groups excluding tert-OH is 1. The molecule has 0 spiro atoms. The molecule has 0 amide bonds. The second kappa shape index (κ2) is 4.80. The summed E-state index contributed by atoms with van der Waals surface area (Å²) in [5.41, 5.74) is 0. The van der Waals surface area contributed by atoms with Crippen molar-refractivity contribution in [1.82, 2.24) is 10.2 Å². The van der Waals surface area contributed by atoms with Crippen molar-refractivity contribution >= 4 is 0 Å². The van der Waals surface area contributed by atoms with Gasteiger partial charge in [0.05, 0.1) is 6.61 Å². The van der Waals surface area contributed by atoms with Crippen LogP contribution in [0.25, 0.3) is 0 Å². The van der Waals surface area contributed by atoms with Gasteiger partial charge in [0, 0.05) is 31.7 Å². The van der Waals surface area contributed by atoms with Crippen molar-refractivity contribution in [2.24, 2.45) is 0 Å². The van der Waals surface area contributed by atoms with Gasteiger partial charge in [-0.05, 0) is 6.42 Å². The Bertz CT molecular complexity index is 128. The van der Waals surface area contributed by atoms with Crippen molar-refractivity contribution in [3.05, 3.63) is 0 Å². The van der Waals surface area contributed by atoms with Gasteiger partial charge in [0.2, 0.25) is 0 Å². The van der Waals surface area contributed by atoms with Gasteiger partial charge in [0.15, 0.2) is 0 Å². The molecular formula is C9H20N2O. The summed E-state index contributed by atoms with van der Waals surface area (Å²) in [6.45, 7) is 7.68. The molecular weight excluding hydrogens is 152 g/mol. The van der Waals surface area contributed by atoms with Crippen molar-refractivity contribution in [3.8, 4) is 0 Å². The minimum absolute atomic E-state index is 0.290. The van der Waals surface area contributed by atoms with Crippen molar-refractivity contribution < 1.29 is 5.11 Å². The number of hydrogen-bond acceptors (Lipinski definition) is 3. The first-order chi connectivity index (χ1) is 5.74. The van der Waals surface area contributed by atoms with E-state index in [1.165, 1.54) is 6.42 Å². The van der Waals surface area contributed by atoms with E-state index in [0.717, 1.165) is 19.6 Å². The summed E-state index contributed by atoms with van der Waals surface area (Å²) < 4.78 is 0. The first kappa shape index (κ1) is 9.96. The molecule has 1 atom stereocenters. The molecule has 0 bridgehead atoms. The van der Waals surface area contributed by atoms with E-state index in [2.05, 4.69) is 24.1 Å². The van der Waals surface area contributed by atoms with Gasteiger partial charge in [-0.2, -0.15) is 0 Å². The fraction of sp³-hybridized carbons (Fsp3) is 1.00. The van der Waals surface area contributed by atoms with E-state index >= 15 is 0 Å². The summed E-state index contributed by atoms with van der Waals surface area (Å²) in [5, 5.41) is 12.1. The molecule has 1 rings (SSSR count). The summed E-state index contributed by atoms with van der Waals surface area (Å²) in [5.74, 6) is 0. The van der Waals surface area contributed by atoms with Crippen molar-refractivity contribution in [2.75, 3.05) is 26.2 Å². The van der Waals surface area contributed by atoms with Gasteiger partial charge in [0.1, 0.15) is 0 Å². The lowest BCUT2D eigenvalue weighted by Gasteiger charge is -2.41. The Balaban J connectivity index is 2.08. The molecule has 1 saturated heterocycles. The standard InChI is InChI=1S/C9H20N2O/c1-8(2)10-7-9-3-4-11(9)5-6-12/h8-10,12H,3-7H2,1-2H3. The van der Waals surface area contributed by atoms with Gasteiger partial charge < -0.3 is 10.4 Å². The van der Waals surface area contributed by atoms with Crippen LogP contribution in [0.5, 0.6) is 0 Å². The van der Waals surface area contributed by atoms with Crippen LogP contribution in [-0.2, 0) is 0 Å². The van der Waals surface area contributed by atoms with E-state index in [9.17, 15) is 0 Å². The highest BCUT2D eigenvalue weighted by molar-refractivity contribution is 4.84. The van der Waals surface area contributed by atoms with Crippen LogP contribution in [0, 0.1) is 0 Å². The number of aliphatic hydroxyl groups is 1. The largest absolute Gasteiger partial charge is 0.395 e. The van der Waals surface area contributed by atoms with E-state index in [1.54, 1.807) is 0 Å². The van der Waals surface area contributed by atoms with Gasteiger partial charge in [-0.15, -0.1) is 0 Å². The second-order valence-electron chi connectivity index (χ2n) is 3.77. The topological polar surface area (TPSA) is 35.5 Å². The molecule has 0 aromatic carbocycles. The fourth-order valence-corrected chi connectivity index (χ4v) is 1.52. The van der Waals surface area contributed by atoms with E-state index in [-0.39, 0.29) is 6.61 Å². The molecule has 0 saturated carbocycles. The lowest BCUT2D eigenvalue weighted by molar-refractivity contribution is 0.0670. The molecule has 12 heavy (non-hydrogen) atoms. The third kappa shape index (κ3) is 2.73. The normalized spacial score (nSPS) is 24.5. The van der Waals surface area contributed by atoms with Crippen LogP contribution in [0.1, 0.15) is 20.3 Å². The molecule has 1 aliphatic rings. The van der Waals surface area contributed by atoms with Crippen LogP contribution in [-0.4, -0.2) is 48.3 Å². The Hall–Kier alpha value is -0.120. The minimum Gasteiger partial charge on any atom is -0.395 e. The Morgan fingerprint density at radius 1 is 1.58 bits per heavy atom. The summed E-state index contributed by atoms with van der Waals surface area (Å²) >= 11 is 0. The molecule has 1 aliphatic heterocycles. The molecule has 1 unspecified atom stereocenters. The number of nitrogens with one attached hydrogen (secondary N) is 1. The highest BCUT2D eigenvalue weighted by Crippen LogP contribution is 2.15. The molecule has 0 aromatic rings. The summed E-state index contributed by atoms with van der Waals surface area (Å²) in [7, 11) is 0. The summed E-state index contributed by atoms with van der Waals surface area (Å²) in [6.07, 6.45) is 1.28. The zero-order valence-electron chi connectivity index (χ0n) is 8.08. The zero-order valence-corrected chi connectivity index (χ0v) is 8.08. The van der Waals surface area contributed by atoms with Crippen LogP contribution >= 0.6 is 0 Å². The molecule has 2 N–H and O–H groups in total. The smallest absolute Gasteiger partial charge is 0.0558 e. The highest BCUT2D eigenvalue weighted by atomic mass is 16.3. The number of β-amino-alcohol motifs (C(OH)–C–C–N with tert-alkyl or cyclic N) is 1. The van der Waals surface area contributed by atoms with Crippen molar-refractivity contribution in [2.45, 2.75) is 32.4 Å². The monoisotopic (exact) mass is 172 g/mol. The van der Waals surface area contributed by atoms with Gasteiger partial charge in [0.25, 0.3) is 0 Å². The SMILES string of the molecule is CC(C)NCC1CCN1CCO. The van der Waals surface area contributed by atoms with Crippen LogP contribution in [0.2, 0.25) is 0 Å². The zero-order chi connectivity index (χ0) is 8.97. The number of rotatable bonds is 5. The van der Waals surface area contributed by atoms with E-state index < -0.39 is 0 Å². The maximum absolute atomic E-state index is 8.73. The summed E-state index contributed by atoms with van der Waals surface area (Å²) in [4.78, 5) is 2.33. The maximum Gasteiger partial charge on any atom is 0.0558 e. The van der Waals surface area contributed by atoms with Gasteiger partial charge in [-0.25, -0.2) is 0 Å². The Morgan fingerprint density at radius 3 is 2.75 bits per heavy atom. The van der Waals surface area contributed by atoms with E-state index in [0.29, 0.717) is 12.1 Å². The molecule has 1 fully saturated rings. The predicted molar refractivity (Wildman–Crippen MR) is 50.2 cm³/mol. The summed E-state index contributed by atoms with van der Waals surface area (Å²) in [6, 6.07) is 1.24. The first-order valence-electron chi connectivity index (χ1n) is 4.82. The average Bonchev–Trinajstić information content (AvgIpc) is 1.98. The number of nitrogens with zero attached hydrogens (tertiary/aromatic N) is 1. The van der Waals surface area contributed by atoms with Gasteiger partial charge in [-0.3, -0.25) is 4.90 Å². The molecule has 1 heterocycles. The highest BCUT2D eigenvalue weighted by Gasteiger charge is 2.26. The van der Waals surface area contributed by atoms with Crippen molar-refractivity contribution in [3.63, 3.8) is 0 Å². The lowest BCUT2D eigenvalue weighted by Crippen LogP contribution is -2.54. The molecule has 0 aliphatic carbocycles. The Labute approximate surface area is 74.8 Å². The Morgan fingerprint density at radius 2 is 2.33 bits per heavy atom. The fourth-order valence-electron chi connectivity index (χ4n) is 1.52. The Kier molecular flexibility index (Phi) is 3.98. The molecule has 3 nitrogen and oxygen atoms in total. The molecule has 3 heteroatoms. The predicted octanol–water partition coefficient (Wildman–Crippen LogP) is 0.0510. The van der Waals surface area contributed by atoms with Gasteiger partial charge >= 0.3 is 0 Å². The number of likely N-dealkylation sites (tertiary alicyclic amines) is 1. The average molecular weight is 172 g/mol. The quantitative estimate of drug-likeness (QED) is 0.615. The lowest BCUT2D eigenvalue weighted by atomic mass is 10.0. The molecule has 0 radical (unpaired) electrons. The van der Waals surface area contributed by atoms with E-state index in [1.807, 2.05) is 0 Å². The third-order valence-electron chi connectivity index (χ3n) is 2.41. The third-order valence-corrected chi connectivity index (χ3v) is 2.41. The van der Waals surface area contributed by atoms with E-state index in [4.69, 9.17) is 5.11 Å².